The number of nitrogens with zero attached hydrogens (tertiary/aromatic N) is 1. The summed E-state index contributed by atoms with van der Waals surface area (Å²) in [5.41, 5.74) is 1.14. The number of carbonyl (C=O) groups excluding carboxylic acids is 1. The Kier molecular flexibility index (Phi) is 5.35. The maximum Gasteiger partial charge on any atom is 0.225 e. The fourth-order valence-electron chi connectivity index (χ4n) is 2.47. The van der Waals surface area contributed by atoms with Gasteiger partial charge in [0.2, 0.25) is 5.91 Å². The van der Waals surface area contributed by atoms with E-state index in [1.54, 1.807) is 0 Å². The number of pyridine rings is 1. The summed E-state index contributed by atoms with van der Waals surface area (Å²) >= 11 is 0. The molecule has 0 saturated heterocycles. The smallest absolute Gasteiger partial charge is 0.225 e. The highest BCUT2D eigenvalue weighted by atomic mass is 16.3. The van der Waals surface area contributed by atoms with Crippen molar-refractivity contribution in [3.63, 3.8) is 0 Å². The Morgan fingerprint density at radius 2 is 2.25 bits per heavy atom. The van der Waals surface area contributed by atoms with Crippen molar-refractivity contribution in [3.05, 3.63) is 23.9 Å². The molecule has 3 N–H and O–H groups in total. The van der Waals surface area contributed by atoms with Crippen LogP contribution in [0.25, 0.3) is 0 Å². The summed E-state index contributed by atoms with van der Waals surface area (Å²) in [4.78, 5) is 16.1. The predicted molar refractivity (Wildman–Crippen MR) is 78.4 cm³/mol. The number of hydrogen-bond donors (Lipinski definition) is 3. The summed E-state index contributed by atoms with van der Waals surface area (Å²) in [5.74, 6) is 0.637. The molecule has 0 aromatic carbocycles. The third-order valence-electron chi connectivity index (χ3n) is 3.69. The van der Waals surface area contributed by atoms with Gasteiger partial charge in [-0.25, -0.2) is 4.98 Å². The fraction of sp³-hybridized carbons (Fsp3) is 0.600. The van der Waals surface area contributed by atoms with Crippen LogP contribution in [0.4, 0.5) is 5.82 Å². The second-order valence-electron chi connectivity index (χ2n) is 5.40. The lowest BCUT2D eigenvalue weighted by Gasteiger charge is -2.14. The van der Waals surface area contributed by atoms with Crippen LogP contribution in [0.2, 0.25) is 0 Å². The zero-order chi connectivity index (χ0) is 14.4. The molecule has 1 aliphatic carbocycles. The van der Waals surface area contributed by atoms with Crippen molar-refractivity contribution in [3.8, 4) is 0 Å². The van der Waals surface area contributed by atoms with Gasteiger partial charge in [0.25, 0.3) is 0 Å². The maximum absolute atomic E-state index is 11.8. The first-order chi connectivity index (χ1) is 9.66. The van der Waals surface area contributed by atoms with E-state index in [1.807, 2.05) is 25.3 Å². The number of carbonyl (C=O) groups is 1. The zero-order valence-electron chi connectivity index (χ0n) is 11.9. The Morgan fingerprint density at radius 1 is 1.40 bits per heavy atom. The van der Waals surface area contributed by atoms with Gasteiger partial charge in [0.15, 0.2) is 0 Å². The van der Waals surface area contributed by atoms with E-state index < -0.39 is 6.10 Å². The summed E-state index contributed by atoms with van der Waals surface area (Å²) in [6.45, 7) is 3.40. The summed E-state index contributed by atoms with van der Waals surface area (Å²) in [7, 11) is 0. The van der Waals surface area contributed by atoms with Gasteiger partial charge in [0.1, 0.15) is 5.82 Å². The number of nitrogens with one attached hydrogen (secondary N) is 2. The number of anilines is 1. The van der Waals surface area contributed by atoms with Crippen molar-refractivity contribution in [2.75, 3.05) is 18.4 Å². The SMILES string of the molecule is Cc1ccc(NCCCNC(=O)C2CCCC2O)nc1. The third-order valence-corrected chi connectivity index (χ3v) is 3.69. The van der Waals surface area contributed by atoms with Crippen LogP contribution in [0.15, 0.2) is 18.3 Å². The molecule has 2 atom stereocenters. The van der Waals surface area contributed by atoms with Crippen LogP contribution < -0.4 is 10.6 Å². The molecule has 5 heteroatoms. The molecule has 1 aromatic heterocycles. The van der Waals surface area contributed by atoms with Gasteiger partial charge in [0.05, 0.1) is 12.0 Å². The van der Waals surface area contributed by atoms with Crippen LogP contribution >= 0.6 is 0 Å². The van der Waals surface area contributed by atoms with E-state index in [0.29, 0.717) is 6.54 Å². The van der Waals surface area contributed by atoms with E-state index in [1.165, 1.54) is 0 Å². The normalized spacial score (nSPS) is 21.7. The van der Waals surface area contributed by atoms with Crippen LogP contribution in [0.1, 0.15) is 31.2 Å². The Hall–Kier alpha value is -1.62. The van der Waals surface area contributed by atoms with Gasteiger partial charge in [-0.2, -0.15) is 0 Å². The summed E-state index contributed by atoms with van der Waals surface area (Å²) in [5, 5.41) is 15.8. The molecule has 5 nitrogen and oxygen atoms in total. The fourth-order valence-corrected chi connectivity index (χ4v) is 2.47. The minimum atomic E-state index is -0.454. The standard InChI is InChI=1S/C15H23N3O2/c1-11-6-7-14(18-10-11)16-8-3-9-17-15(20)12-4-2-5-13(12)19/h6-7,10,12-13,19H,2-5,8-9H2,1H3,(H,16,18)(H,17,20). The highest BCUT2D eigenvalue weighted by Crippen LogP contribution is 2.25. The van der Waals surface area contributed by atoms with E-state index in [2.05, 4.69) is 15.6 Å². The lowest BCUT2D eigenvalue weighted by atomic mass is 10.1. The highest BCUT2D eigenvalue weighted by Gasteiger charge is 2.30. The van der Waals surface area contributed by atoms with E-state index in [9.17, 15) is 9.90 Å². The van der Waals surface area contributed by atoms with Crippen LogP contribution in [0.3, 0.4) is 0 Å². The van der Waals surface area contributed by atoms with Crippen LogP contribution in [-0.4, -0.2) is 35.2 Å². The van der Waals surface area contributed by atoms with Crippen LogP contribution in [0, 0.1) is 12.8 Å². The van der Waals surface area contributed by atoms with Crippen molar-refractivity contribution in [2.24, 2.45) is 5.92 Å². The lowest BCUT2D eigenvalue weighted by Crippen LogP contribution is -2.35. The van der Waals surface area contributed by atoms with Gasteiger partial charge in [-0.3, -0.25) is 4.79 Å². The molecule has 20 heavy (non-hydrogen) atoms. The monoisotopic (exact) mass is 277 g/mol. The highest BCUT2D eigenvalue weighted by molar-refractivity contribution is 5.79. The largest absolute Gasteiger partial charge is 0.392 e. The predicted octanol–water partition coefficient (Wildman–Crippen LogP) is 1.47. The number of amides is 1. The number of aliphatic hydroxyl groups is 1. The third kappa shape index (κ3) is 4.20. The summed E-state index contributed by atoms with van der Waals surface area (Å²) in [6, 6.07) is 3.96. The molecule has 1 aromatic rings. The van der Waals surface area contributed by atoms with E-state index in [-0.39, 0.29) is 11.8 Å². The molecule has 1 amide bonds. The van der Waals surface area contributed by atoms with E-state index in [0.717, 1.165) is 43.6 Å². The van der Waals surface area contributed by atoms with Gasteiger partial charge in [0, 0.05) is 19.3 Å². The van der Waals surface area contributed by atoms with E-state index in [4.69, 9.17) is 0 Å². The van der Waals surface area contributed by atoms with Crippen molar-refractivity contribution in [1.29, 1.82) is 0 Å². The Labute approximate surface area is 119 Å². The van der Waals surface area contributed by atoms with Gasteiger partial charge in [-0.1, -0.05) is 6.07 Å². The first kappa shape index (κ1) is 14.8. The molecule has 0 radical (unpaired) electrons. The molecule has 1 saturated carbocycles. The van der Waals surface area contributed by atoms with Gasteiger partial charge in [-0.05, 0) is 44.2 Å². The second-order valence-corrected chi connectivity index (χ2v) is 5.40. The summed E-state index contributed by atoms with van der Waals surface area (Å²) < 4.78 is 0. The Bertz CT molecular complexity index is 433. The van der Waals surface area contributed by atoms with Crippen molar-refractivity contribution < 1.29 is 9.90 Å². The zero-order valence-corrected chi connectivity index (χ0v) is 11.9. The molecule has 1 fully saturated rings. The van der Waals surface area contributed by atoms with E-state index >= 15 is 0 Å². The molecule has 0 spiro atoms. The summed E-state index contributed by atoms with van der Waals surface area (Å²) in [6.07, 6.45) is 4.71. The minimum Gasteiger partial charge on any atom is -0.392 e. The van der Waals surface area contributed by atoms with Crippen molar-refractivity contribution in [1.82, 2.24) is 10.3 Å². The Morgan fingerprint density at radius 3 is 2.90 bits per heavy atom. The quantitative estimate of drug-likeness (QED) is 0.688. The molecule has 2 rings (SSSR count). The second kappa shape index (κ2) is 7.24. The number of aryl methyl sites for hydroxylation is 1. The first-order valence-electron chi connectivity index (χ1n) is 7.29. The van der Waals surface area contributed by atoms with Gasteiger partial charge >= 0.3 is 0 Å². The van der Waals surface area contributed by atoms with Crippen molar-refractivity contribution in [2.45, 2.75) is 38.7 Å². The van der Waals surface area contributed by atoms with Gasteiger partial charge < -0.3 is 15.7 Å². The molecule has 2 unspecified atom stereocenters. The maximum atomic E-state index is 11.8. The molecular weight excluding hydrogens is 254 g/mol. The van der Waals surface area contributed by atoms with Crippen LogP contribution in [0.5, 0.6) is 0 Å². The number of aliphatic hydroxyl groups excluding tert-OH is 1. The number of rotatable bonds is 6. The average Bonchev–Trinajstić information content (AvgIpc) is 2.86. The van der Waals surface area contributed by atoms with Crippen LogP contribution in [-0.2, 0) is 4.79 Å². The lowest BCUT2D eigenvalue weighted by molar-refractivity contribution is -0.127. The first-order valence-corrected chi connectivity index (χ1v) is 7.29. The van der Waals surface area contributed by atoms with Crippen molar-refractivity contribution >= 4 is 11.7 Å². The number of aromatic nitrogens is 1. The molecular formula is C15H23N3O2. The molecule has 1 heterocycles. The van der Waals surface area contributed by atoms with Gasteiger partial charge in [-0.15, -0.1) is 0 Å². The molecule has 0 bridgehead atoms. The molecule has 0 aliphatic heterocycles. The topological polar surface area (TPSA) is 74.2 Å². The minimum absolute atomic E-state index is 0.0107. The molecule has 110 valence electrons. The Balaban J connectivity index is 1.59. The molecule has 1 aliphatic rings. The number of hydrogen-bond acceptors (Lipinski definition) is 4. The average molecular weight is 277 g/mol.